The van der Waals surface area contributed by atoms with Gasteiger partial charge in [0.25, 0.3) is 0 Å². The Labute approximate surface area is 186 Å². The van der Waals surface area contributed by atoms with Crippen LogP contribution in [0.5, 0.6) is 0 Å². The number of allylic oxidation sites excluding steroid dienone is 2. The number of hydrogen-bond donors (Lipinski definition) is 0. The summed E-state index contributed by atoms with van der Waals surface area (Å²) in [6.45, 7) is 12.8. The topological polar surface area (TPSA) is 66.9 Å². The molecule has 0 aliphatic heterocycles. The Kier molecular flexibility index (Phi) is 10.6. The number of carbonyl (C=O) groups is 1. The van der Waals surface area contributed by atoms with E-state index in [4.69, 9.17) is 16.3 Å². The Balaban J connectivity index is 3.21. The number of ether oxygens (including phenoxy) is 1. The van der Waals surface area contributed by atoms with Crippen molar-refractivity contribution in [2.24, 2.45) is 0 Å². The van der Waals surface area contributed by atoms with Gasteiger partial charge in [-0.25, -0.2) is 4.79 Å². The van der Waals surface area contributed by atoms with Gasteiger partial charge in [0, 0.05) is 24.7 Å². The van der Waals surface area contributed by atoms with E-state index in [0.29, 0.717) is 30.7 Å². The highest BCUT2D eigenvalue weighted by Gasteiger charge is 2.35. The zero-order chi connectivity index (χ0) is 22.8. The summed E-state index contributed by atoms with van der Waals surface area (Å²) in [5.41, 5.74) is -0.0375. The van der Waals surface area contributed by atoms with Gasteiger partial charge in [-0.2, -0.15) is 17.0 Å². The normalized spacial score (nSPS) is 11.9. The van der Waals surface area contributed by atoms with Crippen LogP contribution < -0.4 is 0 Å². The van der Waals surface area contributed by atoms with Crippen LogP contribution in [0.15, 0.2) is 49.6 Å². The molecule has 1 aromatic rings. The van der Waals surface area contributed by atoms with Gasteiger partial charge in [0.05, 0.1) is 0 Å². The van der Waals surface area contributed by atoms with E-state index in [2.05, 4.69) is 13.2 Å². The molecule has 1 rings (SSSR count). The van der Waals surface area contributed by atoms with Gasteiger partial charge in [0.2, 0.25) is 0 Å². The van der Waals surface area contributed by atoms with Gasteiger partial charge < -0.3 is 4.74 Å². The number of amides is 1. The van der Waals surface area contributed by atoms with E-state index in [-0.39, 0.29) is 19.6 Å². The largest absolute Gasteiger partial charge is 0.443 e. The minimum absolute atomic E-state index is 0.0157. The molecule has 8 heteroatoms. The van der Waals surface area contributed by atoms with Gasteiger partial charge in [-0.05, 0) is 64.2 Å². The standard InChI is InChI=1S/C22H33ClN2O4S/c1-6-8-10-16-24(18-19-12-14-20(23)15-13-19)30(27,28)25(17-11-9-7-2)21(26)29-22(3,4)5/h6-7,12-15H,1-2,8-11,16-18H2,3-5H3. The van der Waals surface area contributed by atoms with Crippen LogP contribution in [0, 0.1) is 0 Å². The monoisotopic (exact) mass is 456 g/mol. The lowest BCUT2D eigenvalue weighted by Crippen LogP contribution is -2.48. The Bertz CT molecular complexity index is 801. The molecule has 0 saturated carbocycles. The maximum absolute atomic E-state index is 13.5. The molecular formula is C22H33ClN2O4S. The highest BCUT2D eigenvalue weighted by molar-refractivity contribution is 7.87. The second-order valence-corrected chi connectivity index (χ2v) is 10.2. The molecule has 0 aliphatic carbocycles. The van der Waals surface area contributed by atoms with Gasteiger partial charge in [-0.3, -0.25) is 0 Å². The molecule has 0 aromatic heterocycles. The van der Waals surface area contributed by atoms with E-state index >= 15 is 0 Å². The predicted octanol–water partition coefficient (Wildman–Crippen LogP) is 5.56. The van der Waals surface area contributed by atoms with Crippen molar-refractivity contribution in [2.45, 2.75) is 58.6 Å². The summed E-state index contributed by atoms with van der Waals surface area (Å²) in [6.07, 6.45) is 4.85. The molecule has 0 radical (unpaired) electrons. The second-order valence-electron chi connectivity index (χ2n) is 7.88. The summed E-state index contributed by atoms with van der Waals surface area (Å²) in [4.78, 5) is 12.8. The fourth-order valence-electron chi connectivity index (χ4n) is 2.61. The van der Waals surface area contributed by atoms with Crippen molar-refractivity contribution < 1.29 is 17.9 Å². The summed E-state index contributed by atoms with van der Waals surface area (Å²) in [6, 6.07) is 6.96. The number of benzene rings is 1. The summed E-state index contributed by atoms with van der Waals surface area (Å²) in [7, 11) is -4.11. The molecule has 0 spiro atoms. The number of carbonyl (C=O) groups excluding carboxylic acids is 1. The molecule has 0 bridgehead atoms. The third kappa shape index (κ3) is 8.90. The average Bonchev–Trinajstić information content (AvgIpc) is 2.64. The van der Waals surface area contributed by atoms with E-state index in [0.717, 1.165) is 9.87 Å². The summed E-state index contributed by atoms with van der Waals surface area (Å²) < 4.78 is 34.5. The van der Waals surface area contributed by atoms with Gasteiger partial charge in [0.1, 0.15) is 5.60 Å². The van der Waals surface area contributed by atoms with Crippen LogP contribution in [-0.4, -0.2) is 41.8 Å². The first-order valence-corrected chi connectivity index (χ1v) is 11.8. The second kappa shape index (κ2) is 12.1. The molecular weight excluding hydrogens is 424 g/mol. The van der Waals surface area contributed by atoms with Crippen LogP contribution >= 0.6 is 11.6 Å². The summed E-state index contributed by atoms with van der Waals surface area (Å²) in [5.74, 6) is 0. The molecule has 0 aliphatic rings. The fourth-order valence-corrected chi connectivity index (χ4v) is 4.28. The molecule has 1 aromatic carbocycles. The van der Waals surface area contributed by atoms with Crippen LogP contribution in [0.4, 0.5) is 4.79 Å². The van der Waals surface area contributed by atoms with Crippen LogP contribution in [-0.2, 0) is 21.5 Å². The summed E-state index contributed by atoms with van der Waals surface area (Å²) in [5, 5.41) is 0.569. The first-order valence-electron chi connectivity index (χ1n) is 9.98. The predicted molar refractivity (Wildman–Crippen MR) is 123 cm³/mol. The van der Waals surface area contributed by atoms with Crippen LogP contribution in [0.25, 0.3) is 0 Å². The minimum atomic E-state index is -4.11. The lowest BCUT2D eigenvalue weighted by molar-refractivity contribution is 0.0380. The SMILES string of the molecule is C=CCCCN(Cc1ccc(Cl)cc1)S(=O)(=O)N(CCCC=C)C(=O)OC(C)(C)C. The molecule has 0 saturated heterocycles. The van der Waals surface area contributed by atoms with Crippen molar-refractivity contribution in [1.82, 2.24) is 8.61 Å². The van der Waals surface area contributed by atoms with E-state index in [1.165, 1.54) is 4.31 Å². The lowest BCUT2D eigenvalue weighted by Gasteiger charge is -2.31. The Morgan fingerprint density at radius 2 is 1.60 bits per heavy atom. The number of nitrogens with zero attached hydrogens (tertiary/aromatic N) is 2. The summed E-state index contributed by atoms with van der Waals surface area (Å²) >= 11 is 5.94. The average molecular weight is 457 g/mol. The first-order chi connectivity index (χ1) is 14.0. The fraction of sp³-hybridized carbons (Fsp3) is 0.500. The van der Waals surface area contributed by atoms with Gasteiger partial charge in [0.15, 0.2) is 0 Å². The highest BCUT2D eigenvalue weighted by atomic mass is 35.5. The molecule has 168 valence electrons. The molecule has 0 fully saturated rings. The first kappa shape index (κ1) is 26.2. The van der Waals surface area contributed by atoms with Crippen molar-refractivity contribution in [3.8, 4) is 0 Å². The lowest BCUT2D eigenvalue weighted by atomic mass is 10.2. The number of halogens is 1. The van der Waals surface area contributed by atoms with Crippen molar-refractivity contribution in [2.75, 3.05) is 13.1 Å². The van der Waals surface area contributed by atoms with E-state index in [9.17, 15) is 13.2 Å². The van der Waals surface area contributed by atoms with Crippen LogP contribution in [0.1, 0.15) is 52.0 Å². The van der Waals surface area contributed by atoms with Gasteiger partial charge in [-0.15, -0.1) is 13.2 Å². The third-order valence-corrected chi connectivity index (χ3v) is 6.16. The molecule has 30 heavy (non-hydrogen) atoms. The number of hydrogen-bond acceptors (Lipinski definition) is 4. The maximum Gasteiger partial charge on any atom is 0.425 e. The Hall–Kier alpha value is -1.83. The molecule has 6 nitrogen and oxygen atoms in total. The van der Waals surface area contributed by atoms with Crippen molar-refractivity contribution >= 4 is 27.9 Å². The van der Waals surface area contributed by atoms with E-state index in [1.54, 1.807) is 57.2 Å². The zero-order valence-corrected chi connectivity index (χ0v) is 19.7. The number of rotatable bonds is 12. The third-order valence-electron chi connectivity index (χ3n) is 4.06. The smallest absolute Gasteiger partial charge is 0.425 e. The Morgan fingerprint density at radius 1 is 1.07 bits per heavy atom. The van der Waals surface area contributed by atoms with Crippen molar-refractivity contribution in [3.05, 3.63) is 60.2 Å². The van der Waals surface area contributed by atoms with Gasteiger partial charge in [-0.1, -0.05) is 35.9 Å². The van der Waals surface area contributed by atoms with Crippen LogP contribution in [0.2, 0.25) is 5.02 Å². The quantitative estimate of drug-likeness (QED) is 0.305. The molecule has 0 N–H and O–H groups in total. The molecule has 1 amide bonds. The zero-order valence-electron chi connectivity index (χ0n) is 18.1. The molecule has 0 atom stereocenters. The number of unbranched alkanes of at least 4 members (excludes halogenated alkanes) is 2. The van der Waals surface area contributed by atoms with E-state index < -0.39 is 21.9 Å². The molecule has 0 unspecified atom stereocenters. The van der Waals surface area contributed by atoms with Crippen molar-refractivity contribution in [1.29, 1.82) is 0 Å². The van der Waals surface area contributed by atoms with Crippen molar-refractivity contribution in [3.63, 3.8) is 0 Å². The van der Waals surface area contributed by atoms with E-state index in [1.807, 2.05) is 0 Å². The maximum atomic E-state index is 13.5. The minimum Gasteiger partial charge on any atom is -0.443 e. The highest BCUT2D eigenvalue weighted by Crippen LogP contribution is 2.20. The molecule has 0 heterocycles. The van der Waals surface area contributed by atoms with Gasteiger partial charge >= 0.3 is 16.3 Å². The van der Waals surface area contributed by atoms with Crippen LogP contribution in [0.3, 0.4) is 0 Å². The Morgan fingerprint density at radius 3 is 2.10 bits per heavy atom.